The number of para-hydroxylation sites is 1. The Bertz CT molecular complexity index is 925. The summed E-state index contributed by atoms with van der Waals surface area (Å²) >= 11 is 1.26. The van der Waals surface area contributed by atoms with Crippen molar-refractivity contribution in [1.29, 1.82) is 0 Å². The highest BCUT2D eigenvalue weighted by Gasteiger charge is 2.13. The van der Waals surface area contributed by atoms with Crippen LogP contribution in [-0.4, -0.2) is 23.4 Å². The molecular formula is C20H19N3O3S. The SMILES string of the molecule is CCc1ccccc1OCC(=O)NNC(=O)c1cnc(-c2ccccc2)s1. The summed E-state index contributed by atoms with van der Waals surface area (Å²) in [7, 11) is 0. The van der Waals surface area contributed by atoms with Gasteiger partial charge in [0.25, 0.3) is 11.8 Å². The fourth-order valence-corrected chi connectivity index (χ4v) is 3.21. The van der Waals surface area contributed by atoms with Crippen LogP contribution in [0.5, 0.6) is 5.75 Å². The fourth-order valence-electron chi connectivity index (χ4n) is 2.40. The summed E-state index contributed by atoms with van der Waals surface area (Å²) in [4.78, 5) is 28.7. The number of aryl methyl sites for hydroxylation is 1. The van der Waals surface area contributed by atoms with Crippen LogP contribution < -0.4 is 15.6 Å². The van der Waals surface area contributed by atoms with Gasteiger partial charge in [-0.2, -0.15) is 0 Å². The van der Waals surface area contributed by atoms with Crippen LogP contribution in [-0.2, 0) is 11.2 Å². The highest BCUT2D eigenvalue weighted by Crippen LogP contribution is 2.24. The van der Waals surface area contributed by atoms with Crippen molar-refractivity contribution in [3.8, 4) is 16.3 Å². The number of carbonyl (C=O) groups is 2. The summed E-state index contributed by atoms with van der Waals surface area (Å²) in [5.41, 5.74) is 6.69. The number of nitrogens with one attached hydrogen (secondary N) is 2. The van der Waals surface area contributed by atoms with Crippen LogP contribution in [0.3, 0.4) is 0 Å². The van der Waals surface area contributed by atoms with Gasteiger partial charge in [-0.05, 0) is 18.1 Å². The molecule has 3 aromatic rings. The number of ether oxygens (including phenoxy) is 1. The molecule has 27 heavy (non-hydrogen) atoms. The number of hydrogen-bond donors (Lipinski definition) is 2. The van der Waals surface area contributed by atoms with Crippen LogP contribution in [0.15, 0.2) is 60.8 Å². The van der Waals surface area contributed by atoms with Gasteiger partial charge in [-0.25, -0.2) is 4.98 Å². The summed E-state index contributed by atoms with van der Waals surface area (Å²) < 4.78 is 5.52. The van der Waals surface area contributed by atoms with Gasteiger partial charge in [0.1, 0.15) is 15.6 Å². The Morgan fingerprint density at radius 2 is 1.78 bits per heavy atom. The molecule has 1 heterocycles. The molecule has 3 rings (SSSR count). The zero-order valence-corrected chi connectivity index (χ0v) is 15.6. The molecule has 0 unspecified atom stereocenters. The average Bonchev–Trinajstić information content (AvgIpc) is 3.21. The van der Waals surface area contributed by atoms with Crippen molar-refractivity contribution in [2.24, 2.45) is 0 Å². The molecule has 0 radical (unpaired) electrons. The van der Waals surface area contributed by atoms with Crippen molar-refractivity contribution in [2.45, 2.75) is 13.3 Å². The molecule has 0 saturated carbocycles. The maximum Gasteiger partial charge on any atom is 0.281 e. The first-order valence-electron chi connectivity index (χ1n) is 8.48. The molecule has 2 aromatic carbocycles. The lowest BCUT2D eigenvalue weighted by Gasteiger charge is -2.10. The van der Waals surface area contributed by atoms with Gasteiger partial charge >= 0.3 is 0 Å². The number of nitrogens with zero attached hydrogens (tertiary/aromatic N) is 1. The van der Waals surface area contributed by atoms with E-state index in [1.165, 1.54) is 17.5 Å². The van der Waals surface area contributed by atoms with E-state index in [4.69, 9.17) is 4.74 Å². The first-order chi connectivity index (χ1) is 13.2. The van der Waals surface area contributed by atoms with Crippen molar-refractivity contribution in [1.82, 2.24) is 15.8 Å². The van der Waals surface area contributed by atoms with Crippen molar-refractivity contribution < 1.29 is 14.3 Å². The molecule has 0 spiro atoms. The summed E-state index contributed by atoms with van der Waals surface area (Å²) in [5, 5.41) is 0.742. The van der Waals surface area contributed by atoms with Gasteiger partial charge in [0.15, 0.2) is 6.61 Å². The lowest BCUT2D eigenvalue weighted by molar-refractivity contribution is -0.123. The number of amides is 2. The van der Waals surface area contributed by atoms with E-state index in [-0.39, 0.29) is 6.61 Å². The molecule has 7 heteroatoms. The minimum Gasteiger partial charge on any atom is -0.483 e. The van der Waals surface area contributed by atoms with E-state index < -0.39 is 11.8 Å². The molecule has 6 nitrogen and oxygen atoms in total. The van der Waals surface area contributed by atoms with Crippen LogP contribution >= 0.6 is 11.3 Å². The van der Waals surface area contributed by atoms with Crippen LogP contribution in [0.4, 0.5) is 0 Å². The highest BCUT2D eigenvalue weighted by molar-refractivity contribution is 7.16. The maximum absolute atomic E-state index is 12.2. The first kappa shape index (κ1) is 18.6. The highest BCUT2D eigenvalue weighted by atomic mass is 32.1. The van der Waals surface area contributed by atoms with Gasteiger partial charge in [-0.15, -0.1) is 11.3 Å². The van der Waals surface area contributed by atoms with Gasteiger partial charge in [0.2, 0.25) is 0 Å². The van der Waals surface area contributed by atoms with Crippen molar-refractivity contribution >= 4 is 23.2 Å². The number of hydrazine groups is 1. The molecule has 0 aliphatic rings. The topological polar surface area (TPSA) is 80.3 Å². The van der Waals surface area contributed by atoms with Crippen molar-refractivity contribution in [3.63, 3.8) is 0 Å². The quantitative estimate of drug-likeness (QED) is 0.643. The second kappa shape index (κ2) is 8.95. The molecule has 2 amide bonds. The van der Waals surface area contributed by atoms with E-state index in [9.17, 15) is 9.59 Å². The third kappa shape index (κ3) is 4.92. The standard InChI is InChI=1S/C20H19N3O3S/c1-2-14-8-6-7-11-16(14)26-13-18(24)22-23-19(25)17-12-21-20(27-17)15-9-4-3-5-10-15/h3-12H,2,13H2,1H3,(H,22,24)(H,23,25). The number of hydrogen-bond acceptors (Lipinski definition) is 5. The fraction of sp³-hybridized carbons (Fsp3) is 0.150. The van der Waals surface area contributed by atoms with Crippen molar-refractivity contribution in [3.05, 3.63) is 71.2 Å². The van der Waals surface area contributed by atoms with E-state index in [1.54, 1.807) is 0 Å². The Hall–Kier alpha value is -3.19. The summed E-state index contributed by atoms with van der Waals surface area (Å²) in [5.74, 6) is -0.199. The summed E-state index contributed by atoms with van der Waals surface area (Å²) in [6, 6.07) is 17.1. The largest absolute Gasteiger partial charge is 0.483 e. The number of rotatable bonds is 6. The molecule has 2 N–H and O–H groups in total. The number of thiazole rings is 1. The molecule has 0 fully saturated rings. The molecule has 0 aliphatic heterocycles. The molecule has 1 aromatic heterocycles. The molecule has 0 aliphatic carbocycles. The summed E-state index contributed by atoms with van der Waals surface area (Å²) in [6.45, 7) is 1.83. The second-order valence-electron chi connectivity index (χ2n) is 5.65. The zero-order valence-electron chi connectivity index (χ0n) is 14.8. The second-order valence-corrected chi connectivity index (χ2v) is 6.68. The van der Waals surface area contributed by atoms with Crippen LogP contribution in [0, 0.1) is 0 Å². The predicted octanol–water partition coefficient (Wildman–Crippen LogP) is 3.21. The van der Waals surface area contributed by atoms with Gasteiger partial charge in [0.05, 0.1) is 6.20 Å². The van der Waals surface area contributed by atoms with Gasteiger partial charge < -0.3 is 4.74 Å². The minimum absolute atomic E-state index is 0.185. The lowest BCUT2D eigenvalue weighted by Crippen LogP contribution is -2.43. The minimum atomic E-state index is -0.443. The average molecular weight is 381 g/mol. The number of aromatic nitrogens is 1. The monoisotopic (exact) mass is 381 g/mol. The maximum atomic E-state index is 12.2. The van der Waals surface area contributed by atoms with E-state index in [2.05, 4.69) is 15.8 Å². The Labute approximate surface area is 161 Å². The van der Waals surface area contributed by atoms with E-state index in [0.717, 1.165) is 22.6 Å². The number of benzene rings is 2. The van der Waals surface area contributed by atoms with E-state index in [0.29, 0.717) is 10.6 Å². The molecule has 138 valence electrons. The van der Waals surface area contributed by atoms with Gasteiger partial charge in [0, 0.05) is 5.56 Å². The number of carbonyl (C=O) groups excluding carboxylic acids is 2. The van der Waals surface area contributed by atoms with Crippen molar-refractivity contribution in [2.75, 3.05) is 6.61 Å². The molecule has 0 atom stereocenters. The van der Waals surface area contributed by atoms with Crippen LogP contribution in [0.2, 0.25) is 0 Å². The molecule has 0 saturated heterocycles. The molecule has 0 bridgehead atoms. The normalized spacial score (nSPS) is 10.3. The Balaban J connectivity index is 1.50. The summed E-state index contributed by atoms with van der Waals surface area (Å²) in [6.07, 6.45) is 2.30. The Morgan fingerprint density at radius 1 is 1.04 bits per heavy atom. The Morgan fingerprint density at radius 3 is 2.56 bits per heavy atom. The van der Waals surface area contributed by atoms with Crippen LogP contribution in [0.1, 0.15) is 22.2 Å². The molecular weight excluding hydrogens is 362 g/mol. The zero-order chi connectivity index (χ0) is 19.1. The van der Waals surface area contributed by atoms with Gasteiger partial charge in [-0.1, -0.05) is 55.5 Å². The third-order valence-corrected chi connectivity index (χ3v) is 4.82. The Kier molecular flexibility index (Phi) is 6.17. The third-order valence-electron chi connectivity index (χ3n) is 3.78. The predicted molar refractivity (Wildman–Crippen MR) is 104 cm³/mol. The smallest absolute Gasteiger partial charge is 0.281 e. The first-order valence-corrected chi connectivity index (χ1v) is 9.30. The lowest BCUT2D eigenvalue weighted by atomic mass is 10.1. The van der Waals surface area contributed by atoms with E-state index >= 15 is 0 Å². The van der Waals surface area contributed by atoms with Crippen LogP contribution in [0.25, 0.3) is 10.6 Å². The van der Waals surface area contributed by atoms with Gasteiger partial charge in [-0.3, -0.25) is 20.4 Å². The van der Waals surface area contributed by atoms with E-state index in [1.807, 2.05) is 61.5 Å².